The third-order valence-corrected chi connectivity index (χ3v) is 7.80. The number of nitrogens with one attached hydrogen (secondary N) is 1. The Kier molecular flexibility index (Phi) is 10.9. The number of likely N-dealkylation sites (N-methyl/N-ethyl adjacent to an activating group) is 1. The molecular formula is C26H27F4N3O4S3. The normalized spacial score (nSPS) is 15.7. The van der Waals surface area contributed by atoms with E-state index >= 15 is 0 Å². The lowest BCUT2D eigenvalue weighted by Crippen LogP contribution is -2.34. The van der Waals surface area contributed by atoms with Crippen LogP contribution in [0.3, 0.4) is 0 Å². The number of carbonyl (C=O) groups excluding carboxylic acids is 3. The average Bonchev–Trinajstić information content (AvgIpc) is 3.41. The molecule has 0 saturated carbocycles. The Balaban J connectivity index is 1.53. The van der Waals surface area contributed by atoms with E-state index in [1.165, 1.54) is 22.3 Å². The molecule has 2 heterocycles. The van der Waals surface area contributed by atoms with Crippen molar-refractivity contribution in [1.29, 1.82) is 0 Å². The first-order valence-electron chi connectivity index (χ1n) is 12.1. The molecule has 7 nitrogen and oxygen atoms in total. The molecule has 1 aliphatic rings. The van der Waals surface area contributed by atoms with Gasteiger partial charge in [0.25, 0.3) is 5.91 Å². The second-order valence-electron chi connectivity index (χ2n) is 9.18. The SMILES string of the molecule is CC(CN(C)C)OC(=O)CCNC(=O)CCN1C(=O)/C(=C/c2cc(-c3ccc(F)c(C(F)(F)F)c3)cs2)SC1=S. The summed E-state index contributed by atoms with van der Waals surface area (Å²) >= 11 is 7.55. The summed E-state index contributed by atoms with van der Waals surface area (Å²) in [5.41, 5.74) is -0.707. The Labute approximate surface area is 242 Å². The number of ether oxygens (including phenoxy) is 1. The zero-order valence-electron chi connectivity index (χ0n) is 21.8. The maximum atomic E-state index is 13.6. The smallest absolute Gasteiger partial charge is 0.419 e. The highest BCUT2D eigenvalue weighted by Crippen LogP contribution is 2.37. The van der Waals surface area contributed by atoms with Crippen molar-refractivity contribution in [2.24, 2.45) is 0 Å². The predicted octanol–water partition coefficient (Wildman–Crippen LogP) is 5.16. The van der Waals surface area contributed by atoms with E-state index in [4.69, 9.17) is 17.0 Å². The Morgan fingerprint density at radius 3 is 2.60 bits per heavy atom. The van der Waals surface area contributed by atoms with Crippen LogP contribution in [0.4, 0.5) is 17.6 Å². The Hall–Kier alpha value is -2.81. The van der Waals surface area contributed by atoms with Gasteiger partial charge in [0.15, 0.2) is 0 Å². The van der Waals surface area contributed by atoms with Crippen LogP contribution < -0.4 is 5.32 Å². The Morgan fingerprint density at radius 2 is 1.93 bits per heavy atom. The quantitative estimate of drug-likeness (QED) is 0.162. The first kappa shape index (κ1) is 31.7. The largest absolute Gasteiger partial charge is 0.461 e. The zero-order chi connectivity index (χ0) is 29.6. The first-order valence-corrected chi connectivity index (χ1v) is 14.2. The predicted molar refractivity (Wildman–Crippen MR) is 151 cm³/mol. The van der Waals surface area contributed by atoms with Gasteiger partial charge < -0.3 is 15.0 Å². The lowest BCUT2D eigenvalue weighted by atomic mass is 10.0. The average molecular weight is 618 g/mol. The van der Waals surface area contributed by atoms with Crippen LogP contribution in [0.25, 0.3) is 17.2 Å². The van der Waals surface area contributed by atoms with Crippen LogP contribution in [0.5, 0.6) is 0 Å². The van der Waals surface area contributed by atoms with Crippen LogP contribution in [0, 0.1) is 5.82 Å². The monoisotopic (exact) mass is 617 g/mol. The van der Waals surface area contributed by atoms with Crippen LogP contribution in [-0.4, -0.2) is 71.7 Å². The molecule has 1 unspecified atom stereocenters. The van der Waals surface area contributed by atoms with Gasteiger partial charge in [-0.15, -0.1) is 11.3 Å². The molecule has 2 aromatic rings. The van der Waals surface area contributed by atoms with Crippen molar-refractivity contribution in [2.75, 3.05) is 33.7 Å². The summed E-state index contributed by atoms with van der Waals surface area (Å²) in [5, 5.41) is 4.24. The minimum absolute atomic E-state index is 0.0194. The molecule has 1 atom stereocenters. The molecular weight excluding hydrogens is 590 g/mol. The van der Waals surface area contributed by atoms with E-state index in [2.05, 4.69) is 5.32 Å². The van der Waals surface area contributed by atoms with Crippen molar-refractivity contribution in [2.45, 2.75) is 32.0 Å². The highest BCUT2D eigenvalue weighted by Gasteiger charge is 2.35. The van der Waals surface area contributed by atoms with Crippen molar-refractivity contribution >= 4 is 63.5 Å². The van der Waals surface area contributed by atoms with Gasteiger partial charge in [-0.05, 0) is 61.8 Å². The van der Waals surface area contributed by atoms with Crippen molar-refractivity contribution in [1.82, 2.24) is 15.1 Å². The molecule has 40 heavy (non-hydrogen) atoms. The van der Waals surface area contributed by atoms with Gasteiger partial charge in [-0.2, -0.15) is 13.2 Å². The van der Waals surface area contributed by atoms with E-state index in [0.29, 0.717) is 21.9 Å². The molecule has 3 rings (SSSR count). The number of esters is 1. The van der Waals surface area contributed by atoms with E-state index in [-0.39, 0.29) is 47.8 Å². The van der Waals surface area contributed by atoms with E-state index in [0.717, 1.165) is 23.9 Å². The van der Waals surface area contributed by atoms with Crippen molar-refractivity contribution in [3.05, 3.63) is 50.8 Å². The van der Waals surface area contributed by atoms with Gasteiger partial charge in [0, 0.05) is 30.9 Å². The molecule has 0 bridgehead atoms. The highest BCUT2D eigenvalue weighted by atomic mass is 32.2. The summed E-state index contributed by atoms with van der Waals surface area (Å²) < 4.78 is 58.4. The number of rotatable bonds is 11. The van der Waals surface area contributed by atoms with Crippen molar-refractivity contribution in [3.8, 4) is 11.1 Å². The zero-order valence-corrected chi connectivity index (χ0v) is 24.3. The molecule has 2 amide bonds. The van der Waals surface area contributed by atoms with Crippen LogP contribution in [0.15, 0.2) is 34.6 Å². The lowest BCUT2D eigenvalue weighted by molar-refractivity contribution is -0.148. The highest BCUT2D eigenvalue weighted by molar-refractivity contribution is 8.26. The topological polar surface area (TPSA) is 79.0 Å². The number of halogens is 4. The number of thiophene rings is 1. The van der Waals surface area contributed by atoms with Gasteiger partial charge in [-0.3, -0.25) is 19.3 Å². The van der Waals surface area contributed by atoms with Crippen LogP contribution in [0.2, 0.25) is 0 Å². The number of nitrogens with zero attached hydrogens (tertiary/aromatic N) is 2. The minimum atomic E-state index is -4.82. The Bertz CT molecular complexity index is 1310. The molecule has 1 aromatic carbocycles. The fourth-order valence-corrected chi connectivity index (χ4v) is 5.99. The van der Waals surface area contributed by atoms with Crippen LogP contribution >= 0.6 is 35.3 Å². The molecule has 1 aliphatic heterocycles. The number of thioether (sulfide) groups is 1. The number of hydrogen-bond acceptors (Lipinski definition) is 8. The summed E-state index contributed by atoms with van der Waals surface area (Å²) in [6.07, 6.45) is -3.52. The van der Waals surface area contributed by atoms with Gasteiger partial charge in [0.1, 0.15) is 16.2 Å². The second-order valence-corrected chi connectivity index (χ2v) is 11.8. The lowest BCUT2D eigenvalue weighted by Gasteiger charge is -2.17. The van der Waals surface area contributed by atoms with Gasteiger partial charge in [0.2, 0.25) is 5.91 Å². The molecule has 14 heteroatoms. The van der Waals surface area contributed by atoms with Crippen LogP contribution in [-0.2, 0) is 25.3 Å². The van der Waals surface area contributed by atoms with Gasteiger partial charge in [-0.25, -0.2) is 4.39 Å². The summed E-state index contributed by atoms with van der Waals surface area (Å²) in [5.74, 6) is -2.52. The molecule has 1 saturated heterocycles. The van der Waals surface area contributed by atoms with E-state index in [1.54, 1.807) is 24.4 Å². The van der Waals surface area contributed by atoms with Gasteiger partial charge in [-0.1, -0.05) is 30.0 Å². The molecule has 0 radical (unpaired) electrons. The minimum Gasteiger partial charge on any atom is -0.461 e. The van der Waals surface area contributed by atoms with Crippen LogP contribution in [0.1, 0.15) is 30.2 Å². The number of hydrogen-bond donors (Lipinski definition) is 1. The van der Waals surface area contributed by atoms with E-state index < -0.39 is 29.4 Å². The van der Waals surface area contributed by atoms with E-state index in [1.807, 2.05) is 19.0 Å². The van der Waals surface area contributed by atoms with Crippen molar-refractivity contribution < 1.29 is 36.7 Å². The van der Waals surface area contributed by atoms with Crippen molar-refractivity contribution in [3.63, 3.8) is 0 Å². The molecule has 216 valence electrons. The number of amides is 2. The fourth-order valence-electron chi connectivity index (χ4n) is 3.76. The number of thiocarbonyl (C=S) groups is 1. The standard InChI is InChI=1S/C26H27F4N3O4S3/c1-15(13-32(2)3)37-23(35)6-8-31-22(34)7-9-33-24(36)21(40-25(33)38)12-18-10-17(14-39-18)16-4-5-20(27)19(11-16)26(28,29)30/h4-5,10-12,14-15H,6-9,13H2,1-3H3,(H,31,34)/b21-12-. The fraction of sp³-hybridized carbons (Fsp3) is 0.385. The van der Waals surface area contributed by atoms with E-state index in [9.17, 15) is 31.9 Å². The number of carbonyl (C=O) groups is 3. The first-order chi connectivity index (χ1) is 18.7. The third-order valence-electron chi connectivity index (χ3n) is 5.54. The van der Waals surface area contributed by atoms with Gasteiger partial charge >= 0.3 is 12.1 Å². The Morgan fingerprint density at radius 1 is 1.20 bits per heavy atom. The third kappa shape index (κ3) is 8.85. The molecule has 1 aromatic heterocycles. The summed E-state index contributed by atoms with van der Waals surface area (Å²) in [7, 11) is 3.73. The van der Waals surface area contributed by atoms with Gasteiger partial charge in [0.05, 0.1) is 16.9 Å². The summed E-state index contributed by atoms with van der Waals surface area (Å²) in [4.78, 5) is 41.1. The molecule has 0 aliphatic carbocycles. The second kappa shape index (κ2) is 13.7. The summed E-state index contributed by atoms with van der Waals surface area (Å²) in [6, 6.07) is 4.38. The molecule has 1 N–H and O–H groups in total. The number of alkyl halides is 3. The maximum Gasteiger partial charge on any atom is 0.419 e. The number of benzene rings is 1. The molecule has 1 fully saturated rings. The summed E-state index contributed by atoms with van der Waals surface area (Å²) in [6.45, 7) is 2.51. The maximum absolute atomic E-state index is 13.6. The molecule has 0 spiro atoms.